The molecule has 2 aromatic carbocycles. The minimum Gasteiger partial charge on any atom is -0.478 e. The zero-order chi connectivity index (χ0) is 18.5. The molecule has 3 rings (SSSR count). The number of aromatic nitrogens is 2. The zero-order valence-electron chi connectivity index (χ0n) is 14.6. The summed E-state index contributed by atoms with van der Waals surface area (Å²) in [6, 6.07) is 17.8. The summed E-state index contributed by atoms with van der Waals surface area (Å²) < 4.78 is 6.99. The van der Waals surface area contributed by atoms with Gasteiger partial charge in [0.2, 0.25) is 11.3 Å². The van der Waals surface area contributed by atoms with Gasteiger partial charge in [-0.1, -0.05) is 35.9 Å². The van der Waals surface area contributed by atoms with Crippen LogP contribution < -0.4 is 15.5 Å². The van der Waals surface area contributed by atoms with E-state index in [1.807, 2.05) is 44.2 Å². The molecule has 1 N–H and O–H groups in total. The second kappa shape index (κ2) is 7.65. The van der Waals surface area contributed by atoms with E-state index in [9.17, 15) is 9.59 Å². The van der Waals surface area contributed by atoms with Crippen molar-refractivity contribution in [2.24, 2.45) is 0 Å². The number of para-hydroxylation sites is 1. The van der Waals surface area contributed by atoms with Gasteiger partial charge in [0.05, 0.1) is 18.4 Å². The minimum absolute atomic E-state index is 0.196. The van der Waals surface area contributed by atoms with Crippen molar-refractivity contribution in [3.05, 3.63) is 82.1 Å². The Morgan fingerprint density at radius 3 is 2.46 bits per heavy atom. The van der Waals surface area contributed by atoms with Gasteiger partial charge in [-0.3, -0.25) is 9.59 Å². The Morgan fingerprint density at radius 2 is 1.81 bits per heavy atom. The molecule has 6 nitrogen and oxygen atoms in total. The normalized spacial score (nSPS) is 10.4. The fraction of sp³-hybridized carbons (Fsp3) is 0.150. The standard InChI is InChI=1S/C20H19N3O3/c1-3-26-18-13-17(24)19(20(25)21-15-7-5-4-6-8-15)22-23(18)16-11-9-14(2)10-12-16/h4-13H,3H2,1-2H3,(H,21,25). The average Bonchev–Trinajstić information content (AvgIpc) is 2.64. The van der Waals surface area contributed by atoms with E-state index in [0.29, 0.717) is 18.0 Å². The van der Waals surface area contributed by atoms with E-state index >= 15 is 0 Å². The van der Waals surface area contributed by atoms with Gasteiger partial charge < -0.3 is 10.1 Å². The fourth-order valence-corrected chi connectivity index (χ4v) is 2.43. The highest BCUT2D eigenvalue weighted by molar-refractivity contribution is 6.02. The second-order valence-corrected chi connectivity index (χ2v) is 5.70. The third-order valence-electron chi connectivity index (χ3n) is 3.71. The third-order valence-corrected chi connectivity index (χ3v) is 3.71. The largest absolute Gasteiger partial charge is 0.478 e. The SMILES string of the molecule is CCOc1cc(=O)c(C(=O)Nc2ccccc2)nn1-c1ccc(C)cc1. The Kier molecular flexibility index (Phi) is 5.12. The Balaban J connectivity index is 2.03. The van der Waals surface area contributed by atoms with Crippen LogP contribution >= 0.6 is 0 Å². The fourth-order valence-electron chi connectivity index (χ4n) is 2.43. The van der Waals surface area contributed by atoms with Crippen LogP contribution in [0.25, 0.3) is 5.69 Å². The van der Waals surface area contributed by atoms with Gasteiger partial charge in [-0.05, 0) is 38.1 Å². The van der Waals surface area contributed by atoms with Gasteiger partial charge in [0.25, 0.3) is 5.91 Å². The lowest BCUT2D eigenvalue weighted by atomic mass is 10.2. The highest BCUT2D eigenvalue weighted by Gasteiger charge is 2.17. The van der Waals surface area contributed by atoms with Crippen molar-refractivity contribution < 1.29 is 9.53 Å². The van der Waals surface area contributed by atoms with Gasteiger partial charge in [0, 0.05) is 5.69 Å². The van der Waals surface area contributed by atoms with Crippen molar-refractivity contribution >= 4 is 11.6 Å². The molecule has 0 atom stereocenters. The molecule has 0 unspecified atom stereocenters. The molecule has 132 valence electrons. The molecule has 0 saturated heterocycles. The maximum atomic E-state index is 12.5. The molecule has 0 spiro atoms. The van der Waals surface area contributed by atoms with Gasteiger partial charge in [-0.2, -0.15) is 5.10 Å². The maximum absolute atomic E-state index is 12.5. The van der Waals surface area contributed by atoms with Crippen LogP contribution in [0.3, 0.4) is 0 Å². The van der Waals surface area contributed by atoms with Crippen molar-refractivity contribution in [1.29, 1.82) is 0 Å². The lowest BCUT2D eigenvalue weighted by Gasteiger charge is -2.14. The Hall–Kier alpha value is -3.41. The highest BCUT2D eigenvalue weighted by atomic mass is 16.5. The molecular formula is C20H19N3O3. The summed E-state index contributed by atoms with van der Waals surface area (Å²) in [6.07, 6.45) is 0. The van der Waals surface area contributed by atoms with Crippen molar-refractivity contribution in [2.75, 3.05) is 11.9 Å². The molecule has 0 bridgehead atoms. The van der Waals surface area contributed by atoms with E-state index in [0.717, 1.165) is 5.56 Å². The number of benzene rings is 2. The first-order valence-electron chi connectivity index (χ1n) is 8.29. The number of rotatable bonds is 5. The van der Waals surface area contributed by atoms with Gasteiger partial charge in [-0.15, -0.1) is 0 Å². The first-order valence-corrected chi connectivity index (χ1v) is 8.29. The number of ether oxygens (including phenoxy) is 1. The number of nitrogens with one attached hydrogen (secondary N) is 1. The first-order chi connectivity index (χ1) is 12.6. The quantitative estimate of drug-likeness (QED) is 0.768. The molecule has 0 radical (unpaired) electrons. The van der Waals surface area contributed by atoms with E-state index in [1.165, 1.54) is 10.7 Å². The van der Waals surface area contributed by atoms with Gasteiger partial charge in [0.1, 0.15) is 0 Å². The van der Waals surface area contributed by atoms with Crippen molar-refractivity contribution in [1.82, 2.24) is 9.78 Å². The number of amides is 1. The van der Waals surface area contributed by atoms with Crippen LogP contribution in [-0.4, -0.2) is 22.3 Å². The molecule has 1 amide bonds. The molecule has 0 aliphatic carbocycles. The summed E-state index contributed by atoms with van der Waals surface area (Å²) in [7, 11) is 0. The molecule has 0 aliphatic heterocycles. The summed E-state index contributed by atoms with van der Waals surface area (Å²) in [5.74, 6) is -0.275. The molecule has 26 heavy (non-hydrogen) atoms. The number of anilines is 1. The van der Waals surface area contributed by atoms with E-state index in [2.05, 4.69) is 10.4 Å². The number of nitrogens with zero attached hydrogens (tertiary/aromatic N) is 2. The van der Waals surface area contributed by atoms with Gasteiger partial charge in [0.15, 0.2) is 5.69 Å². The Bertz CT molecular complexity index is 964. The summed E-state index contributed by atoms with van der Waals surface area (Å²) in [5.41, 5.74) is 1.69. The Labute approximate surface area is 151 Å². The van der Waals surface area contributed by atoms with Gasteiger partial charge >= 0.3 is 0 Å². The van der Waals surface area contributed by atoms with Crippen molar-refractivity contribution in [3.8, 4) is 11.6 Å². The van der Waals surface area contributed by atoms with Crippen LogP contribution in [0.2, 0.25) is 0 Å². The number of aryl methyl sites for hydroxylation is 1. The van der Waals surface area contributed by atoms with Gasteiger partial charge in [-0.25, -0.2) is 4.68 Å². The number of carbonyl (C=O) groups is 1. The van der Waals surface area contributed by atoms with Crippen molar-refractivity contribution in [2.45, 2.75) is 13.8 Å². The first kappa shape index (κ1) is 17.4. The molecule has 0 aliphatic rings. The van der Waals surface area contributed by atoms with E-state index in [4.69, 9.17) is 4.74 Å². The van der Waals surface area contributed by atoms with Crippen LogP contribution in [0.15, 0.2) is 65.5 Å². The van der Waals surface area contributed by atoms with Crippen LogP contribution in [0.4, 0.5) is 5.69 Å². The van der Waals surface area contributed by atoms with Crippen LogP contribution in [0.5, 0.6) is 5.88 Å². The molecule has 0 saturated carbocycles. The van der Waals surface area contributed by atoms with Crippen LogP contribution in [0.1, 0.15) is 23.0 Å². The number of hydrogen-bond acceptors (Lipinski definition) is 4. The molecule has 0 fully saturated rings. The molecule has 6 heteroatoms. The molecule has 1 aromatic heterocycles. The smallest absolute Gasteiger partial charge is 0.280 e. The average molecular weight is 349 g/mol. The Morgan fingerprint density at radius 1 is 1.12 bits per heavy atom. The topological polar surface area (TPSA) is 73.2 Å². The lowest BCUT2D eigenvalue weighted by Crippen LogP contribution is -2.26. The maximum Gasteiger partial charge on any atom is 0.280 e. The van der Waals surface area contributed by atoms with Crippen molar-refractivity contribution in [3.63, 3.8) is 0 Å². The summed E-state index contributed by atoms with van der Waals surface area (Å²) in [5, 5.41) is 6.94. The van der Waals surface area contributed by atoms with E-state index in [-0.39, 0.29) is 11.6 Å². The van der Waals surface area contributed by atoms with Crippen LogP contribution in [-0.2, 0) is 0 Å². The number of hydrogen-bond donors (Lipinski definition) is 1. The second-order valence-electron chi connectivity index (χ2n) is 5.70. The predicted octanol–water partition coefficient (Wildman–Crippen LogP) is 3.19. The minimum atomic E-state index is -0.565. The highest BCUT2D eigenvalue weighted by Crippen LogP contribution is 2.16. The summed E-state index contributed by atoms with van der Waals surface area (Å²) in [4.78, 5) is 24.9. The van der Waals surface area contributed by atoms with E-state index < -0.39 is 11.3 Å². The molecular weight excluding hydrogens is 330 g/mol. The monoisotopic (exact) mass is 349 g/mol. The van der Waals surface area contributed by atoms with Crippen LogP contribution in [0, 0.1) is 6.92 Å². The molecule has 3 aromatic rings. The molecule has 1 heterocycles. The summed E-state index contributed by atoms with van der Waals surface area (Å²) in [6.45, 7) is 4.17. The number of carbonyl (C=O) groups excluding carboxylic acids is 1. The zero-order valence-corrected chi connectivity index (χ0v) is 14.6. The third kappa shape index (κ3) is 3.80. The predicted molar refractivity (Wildman–Crippen MR) is 100 cm³/mol. The summed E-state index contributed by atoms with van der Waals surface area (Å²) >= 11 is 0. The van der Waals surface area contributed by atoms with E-state index in [1.54, 1.807) is 24.3 Å². The lowest BCUT2D eigenvalue weighted by molar-refractivity contribution is 0.101.